The van der Waals surface area contributed by atoms with Crippen molar-refractivity contribution in [2.24, 2.45) is 0 Å². The lowest BCUT2D eigenvalue weighted by Crippen LogP contribution is -2.25. The quantitative estimate of drug-likeness (QED) is 0.811. The Morgan fingerprint density at radius 2 is 1.95 bits per heavy atom. The minimum Gasteiger partial charge on any atom is -0.366 e. The fourth-order valence-electron chi connectivity index (χ4n) is 2.48. The van der Waals surface area contributed by atoms with E-state index in [1.54, 1.807) is 12.4 Å². The fourth-order valence-corrected chi connectivity index (χ4v) is 2.48. The largest absolute Gasteiger partial charge is 0.366 e. The van der Waals surface area contributed by atoms with E-state index in [2.05, 4.69) is 20.6 Å². The van der Waals surface area contributed by atoms with Crippen LogP contribution >= 0.6 is 0 Å². The number of carbonyl (C=O) groups excluding carboxylic acids is 1. The van der Waals surface area contributed by atoms with Crippen LogP contribution in [0.2, 0.25) is 0 Å². The first-order valence-electron chi connectivity index (χ1n) is 7.66. The van der Waals surface area contributed by atoms with Gasteiger partial charge in [-0.15, -0.1) is 0 Å². The van der Waals surface area contributed by atoms with Gasteiger partial charge in [0.05, 0.1) is 12.4 Å². The maximum atomic E-state index is 11.7. The van der Waals surface area contributed by atoms with Crippen molar-refractivity contribution >= 4 is 11.7 Å². The number of hydrogen-bond donors (Lipinski definition) is 2. The lowest BCUT2D eigenvalue weighted by atomic mass is 10.1. The lowest BCUT2D eigenvalue weighted by Gasteiger charge is -2.16. The van der Waals surface area contributed by atoms with Crippen molar-refractivity contribution in [1.82, 2.24) is 15.3 Å². The minimum atomic E-state index is -0.152. The summed E-state index contributed by atoms with van der Waals surface area (Å²) in [4.78, 5) is 20.2. The van der Waals surface area contributed by atoms with E-state index in [4.69, 9.17) is 0 Å². The molecule has 1 fully saturated rings. The molecule has 0 atom stereocenters. The SMILES string of the molecule is CCCNC(=O)c1cnc(NC2CCCCCC2)cn1. The molecule has 0 aliphatic heterocycles. The van der Waals surface area contributed by atoms with Crippen LogP contribution in [0.25, 0.3) is 0 Å². The Morgan fingerprint density at radius 1 is 1.20 bits per heavy atom. The van der Waals surface area contributed by atoms with Gasteiger partial charge < -0.3 is 10.6 Å². The Kier molecular flexibility index (Phi) is 5.77. The third-order valence-corrected chi connectivity index (χ3v) is 3.63. The van der Waals surface area contributed by atoms with E-state index >= 15 is 0 Å². The van der Waals surface area contributed by atoms with Crippen molar-refractivity contribution in [3.8, 4) is 0 Å². The molecule has 1 amide bonds. The zero-order valence-corrected chi connectivity index (χ0v) is 12.2. The molecule has 1 aliphatic rings. The highest BCUT2D eigenvalue weighted by Gasteiger charge is 2.13. The number of amides is 1. The highest BCUT2D eigenvalue weighted by Crippen LogP contribution is 2.19. The maximum absolute atomic E-state index is 11.7. The fraction of sp³-hybridized carbons (Fsp3) is 0.667. The van der Waals surface area contributed by atoms with Crippen LogP contribution in [0.3, 0.4) is 0 Å². The van der Waals surface area contributed by atoms with Crippen molar-refractivity contribution in [2.75, 3.05) is 11.9 Å². The number of rotatable bonds is 5. The van der Waals surface area contributed by atoms with Crippen LogP contribution in [0.5, 0.6) is 0 Å². The van der Waals surface area contributed by atoms with Gasteiger partial charge in [-0.1, -0.05) is 32.6 Å². The first kappa shape index (κ1) is 14.8. The highest BCUT2D eigenvalue weighted by molar-refractivity contribution is 5.91. The second kappa shape index (κ2) is 7.82. The summed E-state index contributed by atoms with van der Waals surface area (Å²) in [5.74, 6) is 0.615. The summed E-state index contributed by atoms with van der Waals surface area (Å²) < 4.78 is 0. The molecule has 20 heavy (non-hydrogen) atoms. The Balaban J connectivity index is 1.88. The molecular weight excluding hydrogens is 252 g/mol. The van der Waals surface area contributed by atoms with E-state index in [-0.39, 0.29) is 5.91 Å². The van der Waals surface area contributed by atoms with E-state index < -0.39 is 0 Å². The summed E-state index contributed by atoms with van der Waals surface area (Å²) in [7, 11) is 0. The predicted molar refractivity (Wildman–Crippen MR) is 79.8 cm³/mol. The number of carbonyl (C=O) groups is 1. The normalized spacial score (nSPS) is 16.4. The number of hydrogen-bond acceptors (Lipinski definition) is 4. The molecule has 110 valence electrons. The topological polar surface area (TPSA) is 66.9 Å². The molecule has 0 aromatic carbocycles. The van der Waals surface area contributed by atoms with Gasteiger partial charge in [0.1, 0.15) is 11.5 Å². The average Bonchev–Trinajstić information content (AvgIpc) is 2.74. The summed E-state index contributed by atoms with van der Waals surface area (Å²) >= 11 is 0. The highest BCUT2D eigenvalue weighted by atomic mass is 16.1. The van der Waals surface area contributed by atoms with Crippen LogP contribution in [0.1, 0.15) is 62.4 Å². The lowest BCUT2D eigenvalue weighted by molar-refractivity contribution is 0.0948. The maximum Gasteiger partial charge on any atom is 0.271 e. The van der Waals surface area contributed by atoms with Gasteiger partial charge in [-0.3, -0.25) is 4.79 Å². The molecule has 0 bridgehead atoms. The molecule has 1 aliphatic carbocycles. The summed E-state index contributed by atoms with van der Waals surface area (Å²) in [5, 5.41) is 6.22. The number of aromatic nitrogens is 2. The van der Waals surface area contributed by atoms with Crippen LogP contribution < -0.4 is 10.6 Å². The van der Waals surface area contributed by atoms with Gasteiger partial charge in [-0.05, 0) is 19.3 Å². The molecule has 1 saturated carbocycles. The third-order valence-electron chi connectivity index (χ3n) is 3.63. The van der Waals surface area contributed by atoms with Gasteiger partial charge in [0, 0.05) is 12.6 Å². The molecular formula is C15H24N4O. The minimum absolute atomic E-state index is 0.152. The van der Waals surface area contributed by atoms with Crippen LogP contribution in [-0.2, 0) is 0 Å². The molecule has 5 nitrogen and oxygen atoms in total. The Bertz CT molecular complexity index is 410. The summed E-state index contributed by atoms with van der Waals surface area (Å²) in [6.45, 7) is 2.69. The smallest absolute Gasteiger partial charge is 0.271 e. The van der Waals surface area contributed by atoms with E-state index in [0.29, 0.717) is 18.3 Å². The van der Waals surface area contributed by atoms with E-state index in [9.17, 15) is 4.79 Å². The van der Waals surface area contributed by atoms with Gasteiger partial charge in [-0.2, -0.15) is 0 Å². The van der Waals surface area contributed by atoms with Crippen LogP contribution in [0.4, 0.5) is 5.82 Å². The van der Waals surface area contributed by atoms with Gasteiger partial charge in [-0.25, -0.2) is 9.97 Å². The zero-order valence-electron chi connectivity index (χ0n) is 12.2. The first-order valence-corrected chi connectivity index (χ1v) is 7.66. The van der Waals surface area contributed by atoms with Crippen LogP contribution in [-0.4, -0.2) is 28.5 Å². The van der Waals surface area contributed by atoms with E-state index in [0.717, 1.165) is 12.2 Å². The standard InChI is InChI=1S/C15H24N4O/c1-2-9-16-15(20)13-10-18-14(11-17-13)19-12-7-5-3-4-6-8-12/h10-12H,2-9H2,1H3,(H,16,20)(H,18,19). The molecule has 1 aromatic rings. The van der Waals surface area contributed by atoms with E-state index in [1.165, 1.54) is 38.5 Å². The predicted octanol–water partition coefficient (Wildman–Crippen LogP) is 2.75. The molecule has 1 aromatic heterocycles. The van der Waals surface area contributed by atoms with E-state index in [1.807, 2.05) is 6.92 Å². The molecule has 0 radical (unpaired) electrons. The Morgan fingerprint density at radius 3 is 2.55 bits per heavy atom. The molecule has 1 heterocycles. The Hall–Kier alpha value is -1.65. The van der Waals surface area contributed by atoms with Crippen molar-refractivity contribution in [3.63, 3.8) is 0 Å². The number of nitrogens with one attached hydrogen (secondary N) is 2. The number of nitrogens with zero attached hydrogens (tertiary/aromatic N) is 2. The Labute approximate surface area is 120 Å². The van der Waals surface area contributed by atoms with Crippen molar-refractivity contribution in [1.29, 1.82) is 0 Å². The molecule has 0 spiro atoms. The van der Waals surface area contributed by atoms with Gasteiger partial charge >= 0.3 is 0 Å². The summed E-state index contributed by atoms with van der Waals surface area (Å²) in [6.07, 6.45) is 11.7. The third kappa shape index (κ3) is 4.47. The molecule has 0 saturated heterocycles. The van der Waals surface area contributed by atoms with Crippen LogP contribution in [0.15, 0.2) is 12.4 Å². The van der Waals surface area contributed by atoms with Crippen LogP contribution in [0, 0.1) is 0 Å². The van der Waals surface area contributed by atoms with Crippen molar-refractivity contribution in [2.45, 2.75) is 57.9 Å². The second-order valence-electron chi connectivity index (χ2n) is 5.38. The molecule has 5 heteroatoms. The second-order valence-corrected chi connectivity index (χ2v) is 5.38. The van der Waals surface area contributed by atoms with Gasteiger partial charge in [0.2, 0.25) is 0 Å². The summed E-state index contributed by atoms with van der Waals surface area (Å²) in [5.41, 5.74) is 0.380. The van der Waals surface area contributed by atoms with Crippen molar-refractivity contribution < 1.29 is 4.79 Å². The zero-order chi connectivity index (χ0) is 14.2. The average molecular weight is 276 g/mol. The van der Waals surface area contributed by atoms with Crippen molar-refractivity contribution in [3.05, 3.63) is 18.1 Å². The molecule has 2 N–H and O–H groups in total. The molecule has 0 unspecified atom stereocenters. The monoisotopic (exact) mass is 276 g/mol. The summed E-state index contributed by atoms with van der Waals surface area (Å²) in [6, 6.07) is 0.492. The van der Waals surface area contributed by atoms with Gasteiger partial charge in [0.15, 0.2) is 0 Å². The van der Waals surface area contributed by atoms with Gasteiger partial charge in [0.25, 0.3) is 5.91 Å². The first-order chi connectivity index (χ1) is 9.79. The molecule has 2 rings (SSSR count). The number of anilines is 1.